The normalized spacial score (nSPS) is 21.5. The second-order valence-electron chi connectivity index (χ2n) is 6.02. The molecule has 1 N–H and O–H groups in total. The Labute approximate surface area is 132 Å². The van der Waals surface area contributed by atoms with E-state index in [9.17, 15) is 14.7 Å². The number of halogens is 1. The van der Waals surface area contributed by atoms with Crippen molar-refractivity contribution in [3.63, 3.8) is 0 Å². The molecule has 1 amide bonds. The summed E-state index contributed by atoms with van der Waals surface area (Å²) in [6, 6.07) is 5.36. The quantitative estimate of drug-likeness (QED) is 0.921. The third-order valence-corrected chi connectivity index (χ3v) is 4.68. The fourth-order valence-electron chi connectivity index (χ4n) is 2.87. The van der Waals surface area contributed by atoms with E-state index in [4.69, 9.17) is 16.0 Å². The van der Waals surface area contributed by atoms with Crippen LogP contribution in [0.25, 0.3) is 11.0 Å². The van der Waals surface area contributed by atoms with Crippen LogP contribution < -0.4 is 0 Å². The Bertz CT molecular complexity index is 782. The van der Waals surface area contributed by atoms with Gasteiger partial charge in [-0.05, 0) is 26.3 Å². The van der Waals surface area contributed by atoms with Crippen LogP contribution in [0.5, 0.6) is 0 Å². The fraction of sp³-hybridized carbons (Fsp3) is 0.375. The van der Waals surface area contributed by atoms with Gasteiger partial charge in [-0.1, -0.05) is 23.7 Å². The van der Waals surface area contributed by atoms with Gasteiger partial charge in [-0.3, -0.25) is 9.59 Å². The first-order valence-corrected chi connectivity index (χ1v) is 7.41. The molecule has 0 radical (unpaired) electrons. The van der Waals surface area contributed by atoms with Crippen LogP contribution in [0.2, 0.25) is 5.02 Å². The van der Waals surface area contributed by atoms with Crippen LogP contribution in [0.3, 0.4) is 0 Å². The van der Waals surface area contributed by atoms with Crippen molar-refractivity contribution in [1.82, 2.24) is 4.90 Å². The van der Waals surface area contributed by atoms with Crippen molar-refractivity contribution in [2.45, 2.75) is 20.3 Å². The minimum atomic E-state index is -0.896. The van der Waals surface area contributed by atoms with E-state index in [0.29, 0.717) is 23.6 Å². The van der Waals surface area contributed by atoms with E-state index in [1.165, 1.54) is 4.90 Å². The van der Waals surface area contributed by atoms with Crippen LogP contribution in [0.15, 0.2) is 22.6 Å². The van der Waals surface area contributed by atoms with Gasteiger partial charge in [0.25, 0.3) is 5.91 Å². The number of hydrogen-bond acceptors (Lipinski definition) is 3. The molecule has 1 aromatic carbocycles. The molecule has 22 heavy (non-hydrogen) atoms. The molecule has 0 spiro atoms. The van der Waals surface area contributed by atoms with Crippen LogP contribution in [0.4, 0.5) is 0 Å². The molecule has 1 saturated heterocycles. The molecule has 0 bridgehead atoms. The SMILES string of the molecule is Cc1c(C(=O)N2CCC(C)(C(=O)O)C2)oc2c(Cl)cccc12. The van der Waals surface area contributed by atoms with E-state index >= 15 is 0 Å². The highest BCUT2D eigenvalue weighted by molar-refractivity contribution is 6.35. The Kier molecular flexibility index (Phi) is 3.40. The Balaban J connectivity index is 1.96. The summed E-state index contributed by atoms with van der Waals surface area (Å²) in [5.41, 5.74) is 0.323. The Morgan fingerprint density at radius 1 is 1.41 bits per heavy atom. The summed E-state index contributed by atoms with van der Waals surface area (Å²) in [5.74, 6) is -0.931. The molecular formula is C16H16ClNO4. The summed E-state index contributed by atoms with van der Waals surface area (Å²) in [7, 11) is 0. The smallest absolute Gasteiger partial charge is 0.311 e. The van der Waals surface area contributed by atoms with E-state index in [0.717, 1.165) is 10.9 Å². The lowest BCUT2D eigenvalue weighted by Gasteiger charge is -2.19. The highest BCUT2D eigenvalue weighted by atomic mass is 35.5. The van der Waals surface area contributed by atoms with Crippen molar-refractivity contribution >= 4 is 34.4 Å². The lowest BCUT2D eigenvalue weighted by Crippen LogP contribution is -2.34. The van der Waals surface area contributed by atoms with Gasteiger partial charge < -0.3 is 14.4 Å². The maximum Gasteiger partial charge on any atom is 0.311 e. The second kappa shape index (κ2) is 5.02. The molecule has 1 aliphatic rings. The minimum absolute atomic E-state index is 0.186. The minimum Gasteiger partial charge on any atom is -0.481 e. The first-order valence-electron chi connectivity index (χ1n) is 7.04. The number of likely N-dealkylation sites (tertiary alicyclic amines) is 1. The van der Waals surface area contributed by atoms with E-state index in [1.54, 1.807) is 19.1 Å². The summed E-state index contributed by atoms with van der Waals surface area (Å²) in [6.45, 7) is 4.06. The van der Waals surface area contributed by atoms with Gasteiger partial charge in [0.2, 0.25) is 0 Å². The van der Waals surface area contributed by atoms with Gasteiger partial charge in [0.15, 0.2) is 11.3 Å². The van der Waals surface area contributed by atoms with Crippen LogP contribution in [0.1, 0.15) is 29.5 Å². The Morgan fingerprint density at radius 2 is 2.14 bits per heavy atom. The topological polar surface area (TPSA) is 70.8 Å². The van der Waals surface area contributed by atoms with Crippen molar-refractivity contribution in [3.05, 3.63) is 34.5 Å². The standard InChI is InChI=1S/C16H16ClNO4/c1-9-10-4-3-5-11(17)13(10)22-12(9)14(19)18-7-6-16(2,8-18)15(20)21/h3-5H,6-8H2,1-2H3,(H,20,21). The van der Waals surface area contributed by atoms with Crippen LogP contribution in [-0.2, 0) is 4.79 Å². The number of aryl methyl sites for hydroxylation is 1. The maximum absolute atomic E-state index is 12.7. The average molecular weight is 322 g/mol. The zero-order valence-electron chi connectivity index (χ0n) is 12.4. The molecule has 1 aliphatic heterocycles. The zero-order chi connectivity index (χ0) is 16.1. The molecule has 1 fully saturated rings. The van der Waals surface area contributed by atoms with Crippen molar-refractivity contribution in [2.75, 3.05) is 13.1 Å². The summed E-state index contributed by atoms with van der Waals surface area (Å²) in [5, 5.41) is 10.5. The van der Waals surface area contributed by atoms with Gasteiger partial charge in [-0.15, -0.1) is 0 Å². The largest absolute Gasteiger partial charge is 0.481 e. The number of hydrogen-bond donors (Lipinski definition) is 1. The number of carbonyl (C=O) groups excluding carboxylic acids is 1. The number of aliphatic carboxylic acids is 1. The molecule has 116 valence electrons. The van der Waals surface area contributed by atoms with Gasteiger partial charge >= 0.3 is 5.97 Å². The number of carboxylic acids is 1. The molecule has 1 unspecified atom stereocenters. The molecule has 1 atom stereocenters. The molecule has 5 nitrogen and oxygen atoms in total. The monoisotopic (exact) mass is 321 g/mol. The van der Waals surface area contributed by atoms with Crippen LogP contribution >= 0.6 is 11.6 Å². The van der Waals surface area contributed by atoms with E-state index in [1.807, 2.05) is 13.0 Å². The van der Waals surface area contributed by atoms with Crippen molar-refractivity contribution in [3.8, 4) is 0 Å². The summed E-state index contributed by atoms with van der Waals surface area (Å²) >= 11 is 6.10. The maximum atomic E-state index is 12.7. The number of carbonyl (C=O) groups is 2. The predicted octanol–water partition coefficient (Wildman–Crippen LogP) is 3.33. The van der Waals surface area contributed by atoms with Gasteiger partial charge in [-0.2, -0.15) is 0 Å². The molecular weight excluding hydrogens is 306 g/mol. The van der Waals surface area contributed by atoms with Gasteiger partial charge in [-0.25, -0.2) is 0 Å². The number of fused-ring (bicyclic) bond motifs is 1. The number of nitrogens with zero attached hydrogens (tertiary/aromatic N) is 1. The molecule has 0 saturated carbocycles. The molecule has 0 aliphatic carbocycles. The second-order valence-corrected chi connectivity index (χ2v) is 6.42. The number of para-hydroxylation sites is 1. The molecule has 3 rings (SSSR count). The first-order chi connectivity index (χ1) is 10.3. The van der Waals surface area contributed by atoms with Gasteiger partial charge in [0, 0.05) is 24.0 Å². The molecule has 6 heteroatoms. The predicted molar refractivity (Wildman–Crippen MR) is 82.2 cm³/mol. The third kappa shape index (κ3) is 2.16. The molecule has 2 aromatic rings. The van der Waals surface area contributed by atoms with Crippen molar-refractivity contribution in [2.24, 2.45) is 5.41 Å². The highest BCUT2D eigenvalue weighted by Crippen LogP contribution is 2.34. The number of benzene rings is 1. The number of carboxylic acid groups (broad SMARTS) is 1. The lowest BCUT2D eigenvalue weighted by atomic mass is 9.90. The van der Waals surface area contributed by atoms with E-state index < -0.39 is 11.4 Å². The summed E-state index contributed by atoms with van der Waals surface area (Å²) in [4.78, 5) is 25.5. The number of furan rings is 1. The Morgan fingerprint density at radius 3 is 2.73 bits per heavy atom. The number of rotatable bonds is 2. The zero-order valence-corrected chi connectivity index (χ0v) is 13.1. The van der Waals surface area contributed by atoms with E-state index in [2.05, 4.69) is 0 Å². The summed E-state index contributed by atoms with van der Waals surface area (Å²) < 4.78 is 5.66. The van der Waals surface area contributed by atoms with E-state index in [-0.39, 0.29) is 18.2 Å². The van der Waals surface area contributed by atoms with Gasteiger partial charge in [0.05, 0.1) is 10.4 Å². The van der Waals surface area contributed by atoms with Crippen molar-refractivity contribution in [1.29, 1.82) is 0 Å². The van der Waals surface area contributed by atoms with Crippen LogP contribution in [0, 0.1) is 12.3 Å². The summed E-state index contributed by atoms with van der Waals surface area (Å²) in [6.07, 6.45) is 0.439. The highest BCUT2D eigenvalue weighted by Gasteiger charge is 2.43. The van der Waals surface area contributed by atoms with Gasteiger partial charge in [0.1, 0.15) is 0 Å². The Hall–Kier alpha value is -2.01. The average Bonchev–Trinajstić information content (AvgIpc) is 3.02. The first kappa shape index (κ1) is 14.9. The molecule has 2 heterocycles. The number of amides is 1. The van der Waals surface area contributed by atoms with Crippen LogP contribution in [-0.4, -0.2) is 35.0 Å². The lowest BCUT2D eigenvalue weighted by molar-refractivity contribution is -0.147. The van der Waals surface area contributed by atoms with Crippen molar-refractivity contribution < 1.29 is 19.1 Å². The molecule has 1 aromatic heterocycles. The fourth-order valence-corrected chi connectivity index (χ4v) is 3.08. The third-order valence-electron chi connectivity index (χ3n) is 4.39.